The normalized spacial score (nSPS) is 20.0. The van der Waals surface area contributed by atoms with Crippen molar-refractivity contribution < 1.29 is 0 Å². The molecule has 6 nitrogen and oxygen atoms in total. The minimum Gasteiger partial charge on any atom is -0.347 e. The number of anilines is 1. The minimum absolute atomic E-state index is 0.0185. The van der Waals surface area contributed by atoms with E-state index in [0.717, 1.165) is 30.6 Å². The van der Waals surface area contributed by atoms with Crippen molar-refractivity contribution in [2.45, 2.75) is 45.6 Å². The van der Waals surface area contributed by atoms with Crippen molar-refractivity contribution in [2.75, 3.05) is 18.0 Å². The topological polar surface area (TPSA) is 59.7 Å². The van der Waals surface area contributed by atoms with Gasteiger partial charge in [-0.1, -0.05) is 26.0 Å². The lowest BCUT2D eigenvalue weighted by molar-refractivity contribution is 0.348. The van der Waals surface area contributed by atoms with Gasteiger partial charge in [-0.2, -0.15) is 4.37 Å². The predicted molar refractivity (Wildman–Crippen MR) is 83.6 cm³/mol. The van der Waals surface area contributed by atoms with Crippen molar-refractivity contribution in [1.29, 1.82) is 0 Å². The van der Waals surface area contributed by atoms with Gasteiger partial charge < -0.3 is 4.90 Å². The summed E-state index contributed by atoms with van der Waals surface area (Å²) in [5, 5.41) is 9.00. The molecule has 0 bridgehead atoms. The Morgan fingerprint density at radius 1 is 1.38 bits per heavy atom. The number of nitrogens with zero attached hydrogens (tertiary/aromatic N) is 6. The van der Waals surface area contributed by atoms with E-state index in [1.807, 2.05) is 10.9 Å². The monoisotopic (exact) mass is 306 g/mol. The van der Waals surface area contributed by atoms with Crippen molar-refractivity contribution in [3.8, 4) is 0 Å². The summed E-state index contributed by atoms with van der Waals surface area (Å²) in [5.74, 6) is 1.54. The summed E-state index contributed by atoms with van der Waals surface area (Å²) >= 11 is 1.52. The summed E-state index contributed by atoms with van der Waals surface area (Å²) in [7, 11) is 0. The zero-order chi connectivity index (χ0) is 14.9. The van der Waals surface area contributed by atoms with E-state index >= 15 is 0 Å². The number of hydrogen-bond donors (Lipinski definition) is 0. The molecule has 0 aromatic carbocycles. The average Bonchev–Trinajstić information content (AvgIpc) is 3.09. The van der Waals surface area contributed by atoms with Crippen molar-refractivity contribution in [3.63, 3.8) is 0 Å². The van der Waals surface area contributed by atoms with E-state index in [9.17, 15) is 0 Å². The first kappa shape index (κ1) is 14.4. The lowest BCUT2D eigenvalue weighted by Crippen LogP contribution is -2.37. The molecule has 0 N–H and O–H groups in total. The van der Waals surface area contributed by atoms with Gasteiger partial charge in [0.15, 0.2) is 0 Å². The third-order valence-electron chi connectivity index (χ3n) is 3.79. The first-order valence-corrected chi connectivity index (χ1v) is 8.23. The van der Waals surface area contributed by atoms with Gasteiger partial charge in [-0.3, -0.25) is 4.68 Å². The summed E-state index contributed by atoms with van der Waals surface area (Å²) in [6, 6.07) is 0. The number of piperidine rings is 1. The third kappa shape index (κ3) is 3.40. The molecule has 1 fully saturated rings. The predicted octanol–water partition coefficient (Wildman–Crippen LogP) is 2.34. The van der Waals surface area contributed by atoms with Gasteiger partial charge in [0.1, 0.15) is 5.82 Å². The fraction of sp³-hybridized carbons (Fsp3) is 0.714. The fourth-order valence-electron chi connectivity index (χ4n) is 2.63. The lowest BCUT2D eigenvalue weighted by Gasteiger charge is -2.32. The summed E-state index contributed by atoms with van der Waals surface area (Å²) in [6.45, 7) is 9.50. The van der Waals surface area contributed by atoms with Gasteiger partial charge in [-0.25, -0.2) is 4.98 Å². The van der Waals surface area contributed by atoms with Gasteiger partial charge in [0.05, 0.1) is 6.20 Å². The van der Waals surface area contributed by atoms with E-state index < -0.39 is 0 Å². The Kier molecular flexibility index (Phi) is 3.93. The van der Waals surface area contributed by atoms with E-state index in [1.54, 1.807) is 6.20 Å². The first-order chi connectivity index (χ1) is 10.0. The van der Waals surface area contributed by atoms with Gasteiger partial charge in [0, 0.05) is 42.8 Å². The van der Waals surface area contributed by atoms with Gasteiger partial charge in [0.25, 0.3) is 0 Å². The Bertz CT molecular complexity index is 571. The van der Waals surface area contributed by atoms with E-state index in [4.69, 9.17) is 4.98 Å². The molecule has 2 aromatic rings. The molecule has 3 heterocycles. The van der Waals surface area contributed by atoms with Crippen LogP contribution in [0.15, 0.2) is 12.4 Å². The molecule has 114 valence electrons. The van der Waals surface area contributed by atoms with Gasteiger partial charge >= 0.3 is 0 Å². The lowest BCUT2D eigenvalue weighted by atomic mass is 9.96. The Balaban J connectivity index is 1.67. The Labute approximate surface area is 129 Å². The molecule has 1 aliphatic rings. The molecule has 3 rings (SSSR count). The Morgan fingerprint density at radius 3 is 2.90 bits per heavy atom. The highest BCUT2D eigenvalue weighted by atomic mass is 32.1. The molecular weight excluding hydrogens is 284 g/mol. The van der Waals surface area contributed by atoms with Crippen LogP contribution in [0.3, 0.4) is 0 Å². The molecular formula is C14H22N6S. The van der Waals surface area contributed by atoms with Crippen LogP contribution >= 0.6 is 11.5 Å². The molecule has 7 heteroatoms. The third-order valence-corrected chi connectivity index (χ3v) is 4.57. The second-order valence-corrected chi connectivity index (χ2v) is 7.46. The van der Waals surface area contributed by atoms with Crippen LogP contribution in [-0.2, 0) is 12.0 Å². The van der Waals surface area contributed by atoms with Crippen LogP contribution in [-0.4, -0.2) is 37.4 Å². The second-order valence-electron chi connectivity index (χ2n) is 6.73. The van der Waals surface area contributed by atoms with Crippen LogP contribution in [0.4, 0.5) is 5.13 Å². The van der Waals surface area contributed by atoms with E-state index in [1.165, 1.54) is 24.4 Å². The summed E-state index contributed by atoms with van der Waals surface area (Å²) < 4.78 is 6.45. The smallest absolute Gasteiger partial charge is 0.205 e. The molecule has 0 spiro atoms. The number of hydrogen-bond acceptors (Lipinski definition) is 6. The summed E-state index contributed by atoms with van der Waals surface area (Å²) in [5.41, 5.74) is 0.0185. The van der Waals surface area contributed by atoms with Crippen LogP contribution in [0, 0.1) is 5.92 Å². The maximum Gasteiger partial charge on any atom is 0.205 e. The van der Waals surface area contributed by atoms with Crippen LogP contribution < -0.4 is 4.90 Å². The molecule has 1 atom stereocenters. The largest absolute Gasteiger partial charge is 0.347 e. The Morgan fingerprint density at radius 2 is 2.24 bits per heavy atom. The van der Waals surface area contributed by atoms with Crippen LogP contribution in [0.1, 0.15) is 39.4 Å². The summed E-state index contributed by atoms with van der Waals surface area (Å²) in [4.78, 5) is 7.11. The van der Waals surface area contributed by atoms with E-state index in [2.05, 4.69) is 40.4 Å². The molecule has 21 heavy (non-hydrogen) atoms. The number of aromatic nitrogens is 5. The molecule has 1 unspecified atom stereocenters. The first-order valence-electron chi connectivity index (χ1n) is 7.45. The zero-order valence-corrected chi connectivity index (χ0v) is 13.7. The summed E-state index contributed by atoms with van der Waals surface area (Å²) in [6.07, 6.45) is 6.10. The minimum atomic E-state index is 0.0185. The quantitative estimate of drug-likeness (QED) is 0.871. The van der Waals surface area contributed by atoms with Crippen molar-refractivity contribution in [1.82, 2.24) is 24.4 Å². The van der Waals surface area contributed by atoms with E-state index in [-0.39, 0.29) is 5.41 Å². The van der Waals surface area contributed by atoms with Crippen molar-refractivity contribution >= 4 is 16.7 Å². The SMILES string of the molecule is CC(C)(C)c1nsc(N2CCCC(Cn3ccnn3)C2)n1. The zero-order valence-electron chi connectivity index (χ0n) is 12.9. The second kappa shape index (κ2) is 5.71. The molecule has 1 aliphatic heterocycles. The average molecular weight is 306 g/mol. The molecule has 2 aromatic heterocycles. The molecule has 0 saturated carbocycles. The van der Waals surface area contributed by atoms with Gasteiger partial charge in [-0.15, -0.1) is 5.10 Å². The van der Waals surface area contributed by atoms with Crippen molar-refractivity contribution in [3.05, 3.63) is 18.2 Å². The molecule has 0 aliphatic carbocycles. The van der Waals surface area contributed by atoms with Crippen LogP contribution in [0.5, 0.6) is 0 Å². The fourth-order valence-corrected chi connectivity index (χ4v) is 3.52. The highest BCUT2D eigenvalue weighted by molar-refractivity contribution is 7.09. The van der Waals surface area contributed by atoms with Gasteiger partial charge in [0.2, 0.25) is 5.13 Å². The molecule has 1 saturated heterocycles. The Hall–Kier alpha value is -1.50. The number of rotatable bonds is 3. The maximum atomic E-state index is 4.74. The maximum absolute atomic E-state index is 4.74. The molecule has 0 radical (unpaired) electrons. The highest BCUT2D eigenvalue weighted by Gasteiger charge is 2.25. The molecule has 0 amide bonds. The van der Waals surface area contributed by atoms with Crippen LogP contribution in [0.25, 0.3) is 0 Å². The van der Waals surface area contributed by atoms with Crippen molar-refractivity contribution in [2.24, 2.45) is 5.92 Å². The van der Waals surface area contributed by atoms with Gasteiger partial charge in [-0.05, 0) is 18.8 Å². The van der Waals surface area contributed by atoms with Crippen LogP contribution in [0.2, 0.25) is 0 Å². The highest BCUT2D eigenvalue weighted by Crippen LogP contribution is 2.28. The van der Waals surface area contributed by atoms with E-state index in [0.29, 0.717) is 5.92 Å². The standard InChI is InChI=1S/C14H22N6S/c1-14(2,3)12-16-13(21-17-12)19-7-4-5-11(9-19)10-20-8-6-15-18-20/h6,8,11H,4-5,7,9-10H2,1-3H3.